The number of halogens is 4. The number of piperidine rings is 1. The van der Waals surface area contributed by atoms with Crippen molar-refractivity contribution in [3.63, 3.8) is 0 Å². The van der Waals surface area contributed by atoms with Crippen LogP contribution in [0.5, 0.6) is 0 Å². The van der Waals surface area contributed by atoms with Gasteiger partial charge in [0.05, 0.1) is 10.9 Å². The molecule has 1 saturated heterocycles. The van der Waals surface area contributed by atoms with Crippen LogP contribution in [0.4, 0.5) is 19.0 Å². The molecular weight excluding hydrogens is 443 g/mol. The molecule has 0 aliphatic carbocycles. The average Bonchev–Trinajstić information content (AvgIpc) is 3.15. The van der Waals surface area contributed by atoms with Gasteiger partial charge in [-0.25, -0.2) is 14.6 Å². The van der Waals surface area contributed by atoms with Gasteiger partial charge in [0, 0.05) is 29.6 Å². The number of carbonyl (C=O) groups excluding carboxylic acids is 1. The number of fused-ring (bicyclic) bond motifs is 1. The van der Waals surface area contributed by atoms with Gasteiger partial charge in [0.25, 0.3) is 0 Å². The third-order valence-corrected chi connectivity index (χ3v) is 5.89. The van der Waals surface area contributed by atoms with Gasteiger partial charge >= 0.3 is 6.18 Å². The van der Waals surface area contributed by atoms with Crippen molar-refractivity contribution in [3.05, 3.63) is 46.9 Å². The van der Waals surface area contributed by atoms with E-state index in [4.69, 9.17) is 11.6 Å². The highest BCUT2D eigenvalue weighted by molar-refractivity contribution is 6.30. The summed E-state index contributed by atoms with van der Waals surface area (Å²) in [5.74, 6) is 0.0186. The maximum Gasteiger partial charge on any atom is 0.435 e. The van der Waals surface area contributed by atoms with Gasteiger partial charge in [0.2, 0.25) is 0 Å². The molecule has 0 N–H and O–H groups in total. The Labute approximate surface area is 188 Å². The molecule has 3 aromatic rings. The zero-order valence-corrected chi connectivity index (χ0v) is 18.7. The van der Waals surface area contributed by atoms with Crippen LogP contribution < -0.4 is 4.90 Å². The quantitative estimate of drug-likeness (QED) is 0.488. The fourth-order valence-electron chi connectivity index (χ4n) is 4.05. The van der Waals surface area contributed by atoms with E-state index in [1.165, 1.54) is 11.0 Å². The molecule has 2 aromatic heterocycles. The van der Waals surface area contributed by atoms with E-state index in [9.17, 15) is 18.0 Å². The van der Waals surface area contributed by atoms with Crippen LogP contribution in [-0.2, 0) is 11.7 Å². The Morgan fingerprint density at radius 2 is 1.69 bits per heavy atom. The van der Waals surface area contributed by atoms with E-state index in [2.05, 4.69) is 15.1 Å². The number of aromatic nitrogens is 4. The molecule has 32 heavy (non-hydrogen) atoms. The molecular formula is C22H23ClF3N5O. The van der Waals surface area contributed by atoms with Crippen molar-refractivity contribution in [3.8, 4) is 0 Å². The molecule has 1 fully saturated rings. The Balaban J connectivity index is 1.64. The molecule has 4 rings (SSSR count). The first-order valence-corrected chi connectivity index (χ1v) is 10.7. The van der Waals surface area contributed by atoms with Crippen LogP contribution in [0.25, 0.3) is 11.0 Å². The summed E-state index contributed by atoms with van der Waals surface area (Å²) in [6, 6.07) is 6.74. The normalized spacial score (nSPS) is 16.0. The highest BCUT2D eigenvalue weighted by Crippen LogP contribution is 2.39. The van der Waals surface area contributed by atoms with E-state index in [1.807, 2.05) is 0 Å². The summed E-state index contributed by atoms with van der Waals surface area (Å²) in [4.78, 5) is 22.9. The average molecular weight is 466 g/mol. The maximum absolute atomic E-state index is 13.8. The molecule has 0 bridgehead atoms. The van der Waals surface area contributed by atoms with Gasteiger partial charge in [-0.1, -0.05) is 11.6 Å². The fraction of sp³-hybridized carbons (Fsp3) is 0.455. The molecule has 0 unspecified atom stereocenters. The molecule has 0 radical (unpaired) electrons. The molecule has 3 heterocycles. The van der Waals surface area contributed by atoms with Gasteiger partial charge in [-0.2, -0.15) is 18.3 Å². The number of carbonyl (C=O) groups is 1. The minimum Gasteiger partial charge on any atom is -0.356 e. The van der Waals surface area contributed by atoms with Crippen LogP contribution >= 0.6 is 11.6 Å². The molecule has 1 aliphatic rings. The molecule has 0 atom stereocenters. The summed E-state index contributed by atoms with van der Waals surface area (Å²) in [7, 11) is 0. The van der Waals surface area contributed by atoms with E-state index in [1.54, 1.807) is 49.9 Å². The van der Waals surface area contributed by atoms with Crippen molar-refractivity contribution in [1.29, 1.82) is 0 Å². The first-order valence-electron chi connectivity index (χ1n) is 10.3. The van der Waals surface area contributed by atoms with E-state index < -0.39 is 17.4 Å². The summed E-state index contributed by atoms with van der Waals surface area (Å²) in [6.07, 6.45) is -2.34. The standard InChI is InChI=1S/C22H23ClF3N5O/c1-21(2,3)31-20-16(18(29-31)22(24,25)26)19(27-12-28-20)30-10-8-14(9-11-30)17(32)13-4-6-15(23)7-5-13/h4-7,12,14H,8-11H2,1-3H3. The zero-order valence-electron chi connectivity index (χ0n) is 17.9. The molecule has 0 saturated carbocycles. The lowest BCUT2D eigenvalue weighted by molar-refractivity contribution is -0.140. The number of Topliss-reactive ketones (excluding diaryl/α,β-unsaturated/α-hetero) is 1. The fourth-order valence-corrected chi connectivity index (χ4v) is 4.17. The molecule has 170 valence electrons. The third kappa shape index (κ3) is 4.18. The van der Waals surface area contributed by atoms with E-state index >= 15 is 0 Å². The molecule has 1 aliphatic heterocycles. The molecule has 0 spiro atoms. The highest BCUT2D eigenvalue weighted by atomic mass is 35.5. The topological polar surface area (TPSA) is 63.9 Å². The summed E-state index contributed by atoms with van der Waals surface area (Å²) in [6.45, 7) is 6.14. The highest BCUT2D eigenvalue weighted by Gasteiger charge is 2.41. The lowest BCUT2D eigenvalue weighted by Crippen LogP contribution is -2.37. The molecule has 6 nitrogen and oxygen atoms in total. The number of alkyl halides is 3. The molecule has 1 aromatic carbocycles. The van der Waals surface area contributed by atoms with Crippen molar-refractivity contribution in [2.45, 2.75) is 45.3 Å². The van der Waals surface area contributed by atoms with Crippen molar-refractivity contribution in [2.75, 3.05) is 18.0 Å². The summed E-state index contributed by atoms with van der Waals surface area (Å²) in [5, 5.41) is 4.33. The maximum atomic E-state index is 13.8. The van der Waals surface area contributed by atoms with Gasteiger partial charge < -0.3 is 4.90 Å². The van der Waals surface area contributed by atoms with Gasteiger partial charge in [-0.3, -0.25) is 4.79 Å². The van der Waals surface area contributed by atoms with E-state index in [0.717, 1.165) is 0 Å². The lowest BCUT2D eigenvalue weighted by atomic mass is 9.89. The van der Waals surface area contributed by atoms with Gasteiger partial charge in [0.15, 0.2) is 17.1 Å². The molecule has 10 heteroatoms. The monoisotopic (exact) mass is 465 g/mol. The number of rotatable bonds is 3. The first-order chi connectivity index (χ1) is 15.0. The SMILES string of the molecule is CC(C)(C)n1nc(C(F)(F)F)c2c(N3CCC(C(=O)c4ccc(Cl)cc4)CC3)ncnc21. The Hall–Kier alpha value is -2.68. The first kappa shape index (κ1) is 22.5. The summed E-state index contributed by atoms with van der Waals surface area (Å²) >= 11 is 5.89. The third-order valence-electron chi connectivity index (χ3n) is 5.64. The minimum absolute atomic E-state index is 0.0192. The predicted octanol–water partition coefficient (Wildman–Crippen LogP) is 5.35. The zero-order chi connectivity index (χ0) is 23.3. The Bertz CT molecular complexity index is 1140. The Morgan fingerprint density at radius 3 is 2.25 bits per heavy atom. The second-order valence-corrected chi connectivity index (χ2v) is 9.39. The van der Waals surface area contributed by atoms with Gasteiger partial charge in [-0.15, -0.1) is 0 Å². The van der Waals surface area contributed by atoms with Gasteiger partial charge in [0.1, 0.15) is 12.1 Å². The largest absolute Gasteiger partial charge is 0.435 e. The number of nitrogens with zero attached hydrogens (tertiary/aromatic N) is 5. The van der Waals surface area contributed by atoms with Crippen LogP contribution in [0, 0.1) is 5.92 Å². The minimum atomic E-state index is -4.64. The number of hydrogen-bond acceptors (Lipinski definition) is 5. The smallest absolute Gasteiger partial charge is 0.356 e. The number of benzene rings is 1. The molecule has 0 amide bonds. The second-order valence-electron chi connectivity index (χ2n) is 8.96. The number of anilines is 1. The van der Waals surface area contributed by atoms with Crippen LogP contribution in [0.1, 0.15) is 49.7 Å². The van der Waals surface area contributed by atoms with E-state index in [-0.39, 0.29) is 28.6 Å². The predicted molar refractivity (Wildman–Crippen MR) is 116 cm³/mol. The van der Waals surface area contributed by atoms with Crippen LogP contribution in [-0.4, -0.2) is 38.6 Å². The van der Waals surface area contributed by atoms with E-state index in [0.29, 0.717) is 36.5 Å². The van der Waals surface area contributed by atoms with Crippen molar-refractivity contribution in [1.82, 2.24) is 19.7 Å². The second kappa shape index (κ2) is 8.03. The van der Waals surface area contributed by atoms with Crippen LogP contribution in [0.15, 0.2) is 30.6 Å². The van der Waals surface area contributed by atoms with Crippen LogP contribution in [0.2, 0.25) is 5.02 Å². The number of ketones is 1. The van der Waals surface area contributed by atoms with Gasteiger partial charge in [-0.05, 0) is 57.9 Å². The van der Waals surface area contributed by atoms with Crippen LogP contribution in [0.3, 0.4) is 0 Å². The van der Waals surface area contributed by atoms with Crippen molar-refractivity contribution in [2.24, 2.45) is 5.92 Å². The van der Waals surface area contributed by atoms with Crippen molar-refractivity contribution < 1.29 is 18.0 Å². The summed E-state index contributed by atoms with van der Waals surface area (Å²) in [5.41, 5.74) is -0.944. The lowest BCUT2D eigenvalue weighted by Gasteiger charge is -2.32. The van der Waals surface area contributed by atoms with Crippen molar-refractivity contribution >= 4 is 34.2 Å². The Kier molecular flexibility index (Phi) is 5.65. The Morgan fingerprint density at radius 1 is 1.06 bits per heavy atom. The number of hydrogen-bond donors (Lipinski definition) is 0. The summed E-state index contributed by atoms with van der Waals surface area (Å²) < 4.78 is 42.8.